The van der Waals surface area contributed by atoms with Gasteiger partial charge < -0.3 is 15.8 Å². The molecule has 0 fully saturated rings. The topological polar surface area (TPSA) is 81.4 Å². The van der Waals surface area contributed by atoms with E-state index in [9.17, 15) is 9.59 Å². The molecule has 0 aliphatic heterocycles. The van der Waals surface area contributed by atoms with E-state index in [-0.39, 0.29) is 6.61 Å². The maximum absolute atomic E-state index is 11.3. The second-order valence-corrected chi connectivity index (χ2v) is 4.13. The molecule has 6 heteroatoms. The summed E-state index contributed by atoms with van der Waals surface area (Å²) in [6.45, 7) is 0.605. The molecular weight excluding hydrogens is 268 g/mol. The van der Waals surface area contributed by atoms with Crippen LogP contribution in [0.15, 0.2) is 30.3 Å². The van der Waals surface area contributed by atoms with Crippen molar-refractivity contribution in [1.82, 2.24) is 5.32 Å². The van der Waals surface area contributed by atoms with Gasteiger partial charge in [-0.05, 0) is 30.2 Å². The van der Waals surface area contributed by atoms with Crippen molar-refractivity contribution in [3.05, 3.63) is 40.9 Å². The van der Waals surface area contributed by atoms with E-state index in [2.05, 4.69) is 5.32 Å². The number of benzene rings is 1. The summed E-state index contributed by atoms with van der Waals surface area (Å²) in [4.78, 5) is 21.7. The summed E-state index contributed by atoms with van der Waals surface area (Å²) in [7, 11) is 0. The van der Waals surface area contributed by atoms with E-state index in [0.29, 0.717) is 18.0 Å². The summed E-state index contributed by atoms with van der Waals surface area (Å²) in [5.74, 6) is -0.436. The van der Waals surface area contributed by atoms with Crippen molar-refractivity contribution >= 4 is 29.7 Å². The minimum absolute atomic E-state index is 0.226. The van der Waals surface area contributed by atoms with Gasteiger partial charge in [-0.3, -0.25) is 0 Å². The molecular formula is C13H15ClN2O3. The van der Waals surface area contributed by atoms with Crippen LogP contribution < -0.4 is 11.1 Å². The number of hydrogen-bond acceptors (Lipinski definition) is 3. The lowest BCUT2D eigenvalue weighted by molar-refractivity contribution is -0.137. The first-order valence-electron chi connectivity index (χ1n) is 5.71. The smallest absolute Gasteiger partial charge is 0.330 e. The Hall–Kier alpha value is -2.01. The van der Waals surface area contributed by atoms with Gasteiger partial charge in [0.05, 0.1) is 6.61 Å². The average Bonchev–Trinajstić information content (AvgIpc) is 2.37. The number of halogens is 1. The fraction of sp³-hybridized carbons (Fsp3) is 0.231. The first kappa shape index (κ1) is 15.0. The van der Waals surface area contributed by atoms with Crippen LogP contribution in [-0.2, 0) is 9.53 Å². The van der Waals surface area contributed by atoms with Gasteiger partial charge in [0.1, 0.15) is 0 Å². The second-order valence-electron chi connectivity index (χ2n) is 3.70. The molecule has 0 aliphatic carbocycles. The van der Waals surface area contributed by atoms with Crippen molar-refractivity contribution in [1.29, 1.82) is 0 Å². The Labute approximate surface area is 116 Å². The molecule has 0 aromatic heterocycles. The molecule has 0 radical (unpaired) electrons. The molecule has 0 heterocycles. The zero-order chi connectivity index (χ0) is 14.1. The van der Waals surface area contributed by atoms with Crippen molar-refractivity contribution in [2.75, 3.05) is 13.2 Å². The average molecular weight is 283 g/mol. The highest BCUT2D eigenvalue weighted by atomic mass is 35.5. The zero-order valence-corrected chi connectivity index (χ0v) is 11.0. The molecule has 0 bridgehead atoms. The standard InChI is InChI=1S/C13H15ClN2O3/c14-11-5-2-10(3-6-11)4-7-12(17)19-9-1-8-16-13(15)18/h2-7H,1,8-9H2,(H3,15,16,18)/b7-4+. The van der Waals surface area contributed by atoms with Crippen LogP contribution in [0.25, 0.3) is 6.08 Å². The largest absolute Gasteiger partial charge is 0.462 e. The lowest BCUT2D eigenvalue weighted by atomic mass is 10.2. The van der Waals surface area contributed by atoms with Crippen molar-refractivity contribution in [3.63, 3.8) is 0 Å². The number of primary amides is 1. The molecule has 0 atom stereocenters. The Morgan fingerprint density at radius 3 is 2.63 bits per heavy atom. The summed E-state index contributed by atoms with van der Waals surface area (Å²) in [5, 5.41) is 3.04. The molecule has 2 amide bonds. The lowest BCUT2D eigenvalue weighted by Crippen LogP contribution is -2.30. The second kappa shape index (κ2) is 8.16. The van der Waals surface area contributed by atoms with E-state index in [0.717, 1.165) is 5.56 Å². The summed E-state index contributed by atoms with van der Waals surface area (Å²) in [6.07, 6.45) is 3.49. The van der Waals surface area contributed by atoms with Gasteiger partial charge in [-0.25, -0.2) is 9.59 Å². The fourth-order valence-electron chi connectivity index (χ4n) is 1.24. The van der Waals surface area contributed by atoms with E-state index < -0.39 is 12.0 Å². The highest BCUT2D eigenvalue weighted by molar-refractivity contribution is 6.30. The van der Waals surface area contributed by atoms with Crippen LogP contribution in [0.5, 0.6) is 0 Å². The van der Waals surface area contributed by atoms with E-state index in [1.54, 1.807) is 30.3 Å². The number of hydrogen-bond donors (Lipinski definition) is 2. The molecule has 19 heavy (non-hydrogen) atoms. The quantitative estimate of drug-likeness (QED) is 0.475. The number of ether oxygens (including phenoxy) is 1. The van der Waals surface area contributed by atoms with Crippen molar-refractivity contribution in [3.8, 4) is 0 Å². The van der Waals surface area contributed by atoms with E-state index in [1.165, 1.54) is 6.08 Å². The molecule has 5 nitrogen and oxygen atoms in total. The highest BCUT2D eigenvalue weighted by Gasteiger charge is 1.97. The van der Waals surface area contributed by atoms with Crippen molar-refractivity contribution < 1.29 is 14.3 Å². The summed E-state index contributed by atoms with van der Waals surface area (Å²) >= 11 is 5.74. The first-order chi connectivity index (χ1) is 9.08. The molecule has 3 N–H and O–H groups in total. The summed E-state index contributed by atoms with van der Waals surface area (Å²) < 4.78 is 4.93. The Bertz CT molecular complexity index is 457. The minimum Gasteiger partial charge on any atom is -0.462 e. The van der Waals surface area contributed by atoms with Gasteiger partial charge in [-0.15, -0.1) is 0 Å². The molecule has 0 aliphatic rings. The van der Waals surface area contributed by atoms with Gasteiger partial charge in [-0.1, -0.05) is 23.7 Å². The highest BCUT2D eigenvalue weighted by Crippen LogP contribution is 2.10. The van der Waals surface area contributed by atoms with Crippen LogP contribution in [0.1, 0.15) is 12.0 Å². The summed E-state index contributed by atoms with van der Waals surface area (Å²) in [6, 6.07) is 6.48. The predicted octanol–water partition coefficient (Wildman–Crippen LogP) is 1.95. The van der Waals surface area contributed by atoms with Crippen LogP contribution in [0.2, 0.25) is 5.02 Å². The maximum Gasteiger partial charge on any atom is 0.330 e. The molecule has 0 unspecified atom stereocenters. The van der Waals surface area contributed by atoms with E-state index in [4.69, 9.17) is 22.1 Å². The van der Waals surface area contributed by atoms with Gasteiger partial charge in [0, 0.05) is 17.6 Å². The van der Waals surface area contributed by atoms with Gasteiger partial charge in [0.15, 0.2) is 0 Å². The Morgan fingerprint density at radius 1 is 1.32 bits per heavy atom. The van der Waals surface area contributed by atoms with Crippen molar-refractivity contribution in [2.24, 2.45) is 5.73 Å². The third-order valence-corrected chi connectivity index (χ3v) is 2.40. The number of carbonyl (C=O) groups excluding carboxylic acids is 2. The van der Waals surface area contributed by atoms with Crippen LogP contribution >= 0.6 is 11.6 Å². The minimum atomic E-state index is -0.589. The molecule has 0 saturated carbocycles. The van der Waals surface area contributed by atoms with Crippen LogP contribution in [0.4, 0.5) is 4.79 Å². The van der Waals surface area contributed by atoms with Crippen LogP contribution in [0.3, 0.4) is 0 Å². The van der Waals surface area contributed by atoms with Gasteiger partial charge in [0.25, 0.3) is 0 Å². The lowest BCUT2D eigenvalue weighted by Gasteiger charge is -2.02. The number of nitrogens with two attached hydrogens (primary N) is 1. The normalized spacial score (nSPS) is 10.4. The molecule has 102 valence electrons. The van der Waals surface area contributed by atoms with Crippen molar-refractivity contribution in [2.45, 2.75) is 6.42 Å². The number of esters is 1. The summed E-state index contributed by atoms with van der Waals surface area (Å²) in [5.41, 5.74) is 5.74. The monoisotopic (exact) mass is 282 g/mol. The predicted molar refractivity (Wildman–Crippen MR) is 73.6 cm³/mol. The third kappa shape index (κ3) is 7.10. The van der Waals surface area contributed by atoms with Gasteiger partial charge in [0.2, 0.25) is 0 Å². The molecule has 0 spiro atoms. The third-order valence-electron chi connectivity index (χ3n) is 2.15. The maximum atomic E-state index is 11.3. The van der Waals surface area contributed by atoms with Gasteiger partial charge in [-0.2, -0.15) is 0 Å². The number of urea groups is 1. The first-order valence-corrected chi connectivity index (χ1v) is 6.09. The molecule has 1 rings (SSSR count). The van der Waals surface area contributed by atoms with Crippen LogP contribution in [-0.4, -0.2) is 25.2 Å². The van der Waals surface area contributed by atoms with E-state index >= 15 is 0 Å². The number of nitrogens with one attached hydrogen (secondary N) is 1. The number of rotatable bonds is 6. The fourth-order valence-corrected chi connectivity index (χ4v) is 1.37. The molecule has 0 saturated heterocycles. The van der Waals surface area contributed by atoms with Crippen LogP contribution in [0, 0.1) is 0 Å². The van der Waals surface area contributed by atoms with Gasteiger partial charge >= 0.3 is 12.0 Å². The Kier molecular flexibility index (Phi) is 6.46. The van der Waals surface area contributed by atoms with E-state index in [1.807, 2.05) is 0 Å². The Morgan fingerprint density at radius 2 is 2.00 bits per heavy atom. The SMILES string of the molecule is NC(=O)NCCCOC(=O)/C=C/c1ccc(Cl)cc1. The zero-order valence-electron chi connectivity index (χ0n) is 10.3. The Balaban J connectivity index is 2.23. The molecule has 1 aromatic carbocycles. The number of amides is 2. The number of carbonyl (C=O) groups is 2. The molecule has 1 aromatic rings.